The summed E-state index contributed by atoms with van der Waals surface area (Å²) in [6, 6.07) is 17.3. The van der Waals surface area contributed by atoms with Gasteiger partial charge in [0, 0.05) is 31.2 Å². The number of nitrogens with zero attached hydrogens (tertiary/aromatic N) is 1. The fourth-order valence-electron chi connectivity index (χ4n) is 3.65. The van der Waals surface area contributed by atoms with Gasteiger partial charge >= 0.3 is 0 Å². The van der Waals surface area contributed by atoms with Crippen molar-refractivity contribution in [3.8, 4) is 0 Å². The molecule has 156 valence electrons. The number of amides is 1. The van der Waals surface area contributed by atoms with Crippen molar-refractivity contribution in [1.82, 2.24) is 5.32 Å². The van der Waals surface area contributed by atoms with E-state index in [4.69, 9.17) is 0 Å². The normalized spacial score (nSPS) is 17.3. The number of hydrogen-bond acceptors (Lipinski definition) is 4. The highest BCUT2D eigenvalue weighted by Gasteiger charge is 2.23. The first kappa shape index (κ1) is 21.4. The number of aryl methyl sites for hydroxylation is 1. The van der Waals surface area contributed by atoms with Gasteiger partial charge in [0.2, 0.25) is 5.91 Å². The van der Waals surface area contributed by atoms with Gasteiger partial charge in [-0.25, -0.2) is 8.42 Å². The summed E-state index contributed by atoms with van der Waals surface area (Å²) in [5.41, 5.74) is 2.17. The minimum absolute atomic E-state index is 0.0825. The molecule has 2 aromatic rings. The molecule has 1 saturated heterocycles. The van der Waals surface area contributed by atoms with Crippen LogP contribution in [0, 0.1) is 0 Å². The first-order valence-corrected chi connectivity index (χ1v) is 11.8. The summed E-state index contributed by atoms with van der Waals surface area (Å²) in [5, 5.41) is 2.73. The Hall–Kier alpha value is -2.34. The van der Waals surface area contributed by atoms with Gasteiger partial charge in [-0.15, -0.1) is 0 Å². The van der Waals surface area contributed by atoms with Crippen molar-refractivity contribution >= 4 is 21.4 Å². The summed E-state index contributed by atoms with van der Waals surface area (Å²) in [6.45, 7) is 5.04. The molecule has 1 amide bonds. The number of benzene rings is 2. The van der Waals surface area contributed by atoms with Gasteiger partial charge in [0.15, 0.2) is 9.84 Å². The Morgan fingerprint density at radius 3 is 2.45 bits per heavy atom. The smallest absolute Gasteiger partial charge is 0.220 e. The lowest BCUT2D eigenvalue weighted by Crippen LogP contribution is -2.47. The number of anilines is 1. The highest BCUT2D eigenvalue weighted by molar-refractivity contribution is 7.92. The van der Waals surface area contributed by atoms with Crippen LogP contribution in [0.2, 0.25) is 0 Å². The molecule has 0 spiro atoms. The van der Waals surface area contributed by atoms with Crippen LogP contribution in [-0.2, 0) is 21.1 Å². The van der Waals surface area contributed by atoms with Crippen LogP contribution in [0.15, 0.2) is 59.5 Å². The zero-order chi connectivity index (χ0) is 20.9. The number of piperidine rings is 1. The largest absolute Gasteiger partial charge is 0.369 e. The maximum Gasteiger partial charge on any atom is 0.220 e. The standard InChI is InChI=1S/C23H30N2O3S/c1-18(2)29(27,28)22-13-11-21(12-14-22)25-16-6-9-20(17-25)24-23(26)15-10-19-7-4-3-5-8-19/h3-5,7-8,11-14,18,20H,6,9-10,15-17H2,1-2H3,(H,24,26). The molecule has 1 fully saturated rings. The van der Waals surface area contributed by atoms with E-state index in [1.165, 1.54) is 5.56 Å². The Labute approximate surface area is 174 Å². The van der Waals surface area contributed by atoms with E-state index in [1.54, 1.807) is 26.0 Å². The zero-order valence-corrected chi connectivity index (χ0v) is 18.0. The molecular weight excluding hydrogens is 384 g/mol. The predicted molar refractivity (Wildman–Crippen MR) is 117 cm³/mol. The summed E-state index contributed by atoms with van der Waals surface area (Å²) in [4.78, 5) is 14.9. The van der Waals surface area contributed by atoms with Crippen molar-refractivity contribution in [3.63, 3.8) is 0 Å². The molecule has 1 atom stereocenters. The van der Waals surface area contributed by atoms with Crippen LogP contribution >= 0.6 is 0 Å². The second kappa shape index (κ2) is 9.44. The molecule has 1 unspecified atom stereocenters. The number of carbonyl (C=O) groups is 1. The van der Waals surface area contributed by atoms with Gasteiger partial charge in [-0.1, -0.05) is 30.3 Å². The molecule has 1 heterocycles. The summed E-state index contributed by atoms with van der Waals surface area (Å²) in [5.74, 6) is 0.0825. The molecule has 3 rings (SSSR count). The van der Waals surface area contributed by atoms with Crippen LogP contribution in [0.1, 0.15) is 38.7 Å². The van der Waals surface area contributed by atoms with Crippen LogP contribution in [-0.4, -0.2) is 38.7 Å². The molecule has 1 aliphatic rings. The third kappa shape index (κ3) is 5.60. The number of sulfone groups is 1. The van der Waals surface area contributed by atoms with Gasteiger partial charge in [-0.05, 0) is 62.9 Å². The van der Waals surface area contributed by atoms with Gasteiger partial charge in [-0.2, -0.15) is 0 Å². The van der Waals surface area contributed by atoms with E-state index in [0.717, 1.165) is 38.0 Å². The van der Waals surface area contributed by atoms with Crippen molar-refractivity contribution in [3.05, 3.63) is 60.2 Å². The molecule has 1 N–H and O–H groups in total. The molecule has 0 bridgehead atoms. The van der Waals surface area contributed by atoms with Gasteiger partial charge in [0.05, 0.1) is 10.1 Å². The van der Waals surface area contributed by atoms with Crippen molar-refractivity contribution in [2.75, 3.05) is 18.0 Å². The number of hydrogen-bond donors (Lipinski definition) is 1. The Morgan fingerprint density at radius 2 is 1.79 bits per heavy atom. The minimum Gasteiger partial charge on any atom is -0.369 e. The van der Waals surface area contributed by atoms with E-state index in [0.29, 0.717) is 11.3 Å². The SMILES string of the molecule is CC(C)S(=O)(=O)c1ccc(N2CCCC(NC(=O)CCc3ccccc3)C2)cc1. The minimum atomic E-state index is -3.26. The van der Waals surface area contributed by atoms with E-state index in [2.05, 4.69) is 10.2 Å². The molecule has 0 radical (unpaired) electrons. The molecule has 6 heteroatoms. The molecular formula is C23H30N2O3S. The van der Waals surface area contributed by atoms with E-state index in [9.17, 15) is 13.2 Å². The quantitative estimate of drug-likeness (QED) is 0.752. The van der Waals surface area contributed by atoms with Gasteiger partial charge < -0.3 is 10.2 Å². The number of carbonyl (C=O) groups excluding carboxylic acids is 1. The maximum absolute atomic E-state index is 12.4. The van der Waals surface area contributed by atoms with Gasteiger partial charge in [0.25, 0.3) is 0 Å². The van der Waals surface area contributed by atoms with E-state index >= 15 is 0 Å². The first-order valence-electron chi connectivity index (χ1n) is 10.3. The first-order chi connectivity index (χ1) is 13.9. The topological polar surface area (TPSA) is 66.5 Å². The van der Waals surface area contributed by atoms with Crippen LogP contribution in [0.25, 0.3) is 0 Å². The number of nitrogens with one attached hydrogen (secondary N) is 1. The third-order valence-corrected chi connectivity index (χ3v) is 7.59. The highest BCUT2D eigenvalue weighted by Crippen LogP contribution is 2.24. The van der Waals surface area contributed by atoms with Crippen molar-refractivity contribution in [2.24, 2.45) is 0 Å². The average molecular weight is 415 g/mol. The van der Waals surface area contributed by atoms with Gasteiger partial charge in [-0.3, -0.25) is 4.79 Å². The van der Waals surface area contributed by atoms with E-state index in [-0.39, 0.29) is 11.9 Å². The Morgan fingerprint density at radius 1 is 1.10 bits per heavy atom. The summed E-state index contributed by atoms with van der Waals surface area (Å²) in [6.07, 6.45) is 3.19. The lowest BCUT2D eigenvalue weighted by Gasteiger charge is -2.35. The lowest BCUT2D eigenvalue weighted by molar-refractivity contribution is -0.121. The third-order valence-electron chi connectivity index (χ3n) is 5.42. The number of rotatable bonds is 7. The molecule has 0 aliphatic carbocycles. The van der Waals surface area contributed by atoms with Crippen molar-refractivity contribution in [1.29, 1.82) is 0 Å². The van der Waals surface area contributed by atoms with Crippen LogP contribution in [0.4, 0.5) is 5.69 Å². The molecule has 0 aromatic heterocycles. The van der Waals surface area contributed by atoms with Crippen LogP contribution in [0.5, 0.6) is 0 Å². The maximum atomic E-state index is 12.4. The van der Waals surface area contributed by atoms with Crippen LogP contribution < -0.4 is 10.2 Å². The monoisotopic (exact) mass is 414 g/mol. The molecule has 0 saturated carbocycles. The molecule has 2 aromatic carbocycles. The second-order valence-corrected chi connectivity index (χ2v) is 10.4. The second-order valence-electron chi connectivity index (χ2n) is 7.93. The lowest BCUT2D eigenvalue weighted by atomic mass is 10.0. The van der Waals surface area contributed by atoms with Crippen LogP contribution in [0.3, 0.4) is 0 Å². The summed E-state index contributed by atoms with van der Waals surface area (Å²) >= 11 is 0. The fraction of sp³-hybridized carbons (Fsp3) is 0.435. The Balaban J connectivity index is 1.55. The Kier molecular flexibility index (Phi) is 6.96. The summed E-state index contributed by atoms with van der Waals surface area (Å²) < 4.78 is 24.6. The Bertz CT molecular complexity index is 909. The van der Waals surface area contributed by atoms with Crippen molar-refractivity contribution < 1.29 is 13.2 Å². The molecule has 1 aliphatic heterocycles. The molecule has 5 nitrogen and oxygen atoms in total. The highest BCUT2D eigenvalue weighted by atomic mass is 32.2. The average Bonchev–Trinajstić information content (AvgIpc) is 2.73. The van der Waals surface area contributed by atoms with Gasteiger partial charge in [0.1, 0.15) is 0 Å². The van der Waals surface area contributed by atoms with E-state index < -0.39 is 15.1 Å². The zero-order valence-electron chi connectivity index (χ0n) is 17.2. The predicted octanol–water partition coefficient (Wildman–Crippen LogP) is 3.59. The fourth-order valence-corrected chi connectivity index (χ4v) is 4.71. The summed E-state index contributed by atoms with van der Waals surface area (Å²) in [7, 11) is -3.26. The van der Waals surface area contributed by atoms with E-state index in [1.807, 2.05) is 42.5 Å². The van der Waals surface area contributed by atoms with Crippen molar-refractivity contribution in [2.45, 2.75) is 55.7 Å². The molecule has 29 heavy (non-hydrogen) atoms.